The molecule has 2 saturated heterocycles. The number of amides is 1. The molecule has 5 rings (SSSR count). The molecule has 1 aromatic rings. The molecule has 40 heavy (non-hydrogen) atoms. The summed E-state index contributed by atoms with van der Waals surface area (Å²) in [4.78, 5) is 12.5. The molecule has 1 amide bonds. The normalized spacial score (nSPS) is 36.5. The third-order valence-electron chi connectivity index (χ3n) is 8.63. The highest BCUT2D eigenvalue weighted by molar-refractivity contribution is 7.85. The minimum atomic E-state index is -4.00. The summed E-state index contributed by atoms with van der Waals surface area (Å²) in [5.41, 5.74) is 6.74. The Hall–Kier alpha value is -2.02. The second-order valence-electron chi connectivity index (χ2n) is 11.9. The second-order valence-corrected chi connectivity index (χ2v) is 13.3. The lowest BCUT2D eigenvalue weighted by molar-refractivity contribution is -0.118. The number of rotatable bonds is 7. The van der Waals surface area contributed by atoms with Gasteiger partial charge in [0.25, 0.3) is 10.1 Å². The molecule has 4 fully saturated rings. The summed E-state index contributed by atoms with van der Waals surface area (Å²) in [6, 6.07) is 7.82. The first-order chi connectivity index (χ1) is 18.9. The van der Waals surface area contributed by atoms with Crippen molar-refractivity contribution in [3.8, 4) is 0 Å². The number of carbonyl (C=O) groups is 1. The van der Waals surface area contributed by atoms with Crippen molar-refractivity contribution in [1.29, 1.82) is 0 Å². The number of nitrogens with one attached hydrogen (secondary N) is 1. The maximum absolute atomic E-state index is 12.6. The Morgan fingerprint density at radius 1 is 1.18 bits per heavy atom. The average Bonchev–Trinajstić information content (AvgIpc) is 3.82. The van der Waals surface area contributed by atoms with Gasteiger partial charge in [-0.15, -0.1) is 0 Å². The number of ether oxygens (including phenoxy) is 4. The fourth-order valence-corrected chi connectivity index (χ4v) is 6.77. The number of allylic oxidation sites excluding steroid dienone is 1. The van der Waals surface area contributed by atoms with Gasteiger partial charge in [0, 0.05) is 19.2 Å². The zero-order chi connectivity index (χ0) is 29.1. The topological polar surface area (TPSA) is 153 Å². The van der Waals surface area contributed by atoms with Crippen LogP contribution in [-0.2, 0) is 29.1 Å². The van der Waals surface area contributed by atoms with E-state index < -0.39 is 10.1 Å². The Kier molecular flexibility index (Phi) is 9.64. The molecule has 0 aromatic heterocycles. The van der Waals surface area contributed by atoms with Crippen molar-refractivity contribution in [2.75, 3.05) is 13.7 Å². The van der Waals surface area contributed by atoms with Crippen LogP contribution in [0.3, 0.4) is 0 Å². The Morgan fingerprint density at radius 2 is 1.82 bits per heavy atom. The van der Waals surface area contributed by atoms with Crippen LogP contribution in [0.1, 0.15) is 65.7 Å². The first-order valence-corrected chi connectivity index (χ1v) is 15.5. The molecular weight excluding hydrogens is 536 g/mol. The highest BCUT2D eigenvalue weighted by atomic mass is 32.2. The number of epoxide rings is 2. The SMILES string of the molecule is CO[C@@H]1[C@H](OC(=O)NC2CCC(N)CC2)CC[C@]2(CO2)[C@H]1[C@@]1(C)O[C@@H]1CC=C(C)C.O=S(=O)(O)c1ccccc1. The summed E-state index contributed by atoms with van der Waals surface area (Å²) >= 11 is 0. The molecule has 0 unspecified atom stereocenters. The largest absolute Gasteiger partial charge is 0.443 e. The Bertz CT molecular complexity index is 1140. The fourth-order valence-electron chi connectivity index (χ4n) is 6.26. The van der Waals surface area contributed by atoms with Crippen molar-refractivity contribution >= 4 is 16.2 Å². The maximum atomic E-state index is 12.6. The van der Waals surface area contributed by atoms with Gasteiger partial charge in [0.15, 0.2) is 0 Å². The molecule has 11 heteroatoms. The van der Waals surface area contributed by atoms with E-state index in [0.717, 1.165) is 51.6 Å². The van der Waals surface area contributed by atoms with Crippen molar-refractivity contribution in [1.82, 2.24) is 5.32 Å². The van der Waals surface area contributed by atoms with E-state index in [9.17, 15) is 13.2 Å². The van der Waals surface area contributed by atoms with Gasteiger partial charge >= 0.3 is 6.09 Å². The van der Waals surface area contributed by atoms with E-state index in [2.05, 4.69) is 32.2 Å². The molecule has 2 aliphatic carbocycles. The van der Waals surface area contributed by atoms with Gasteiger partial charge in [-0.3, -0.25) is 4.55 Å². The summed E-state index contributed by atoms with van der Waals surface area (Å²) in [6.45, 7) is 7.09. The van der Waals surface area contributed by atoms with Gasteiger partial charge < -0.3 is 30.0 Å². The van der Waals surface area contributed by atoms with Crippen LogP contribution in [-0.4, -0.2) is 74.4 Å². The molecule has 2 heterocycles. The van der Waals surface area contributed by atoms with Crippen LogP contribution in [0.15, 0.2) is 46.9 Å². The summed E-state index contributed by atoms with van der Waals surface area (Å²) in [5.74, 6) is 0.0461. The van der Waals surface area contributed by atoms with Crippen LogP contribution in [0.2, 0.25) is 0 Å². The fraction of sp³-hybridized carbons (Fsp3) is 0.690. The van der Waals surface area contributed by atoms with E-state index in [1.165, 1.54) is 17.7 Å². The second kappa shape index (κ2) is 12.5. The van der Waals surface area contributed by atoms with Gasteiger partial charge in [-0.25, -0.2) is 4.79 Å². The van der Waals surface area contributed by atoms with Crippen molar-refractivity contribution < 1.29 is 36.7 Å². The molecule has 2 aliphatic heterocycles. The van der Waals surface area contributed by atoms with Gasteiger partial charge in [0.2, 0.25) is 0 Å². The molecule has 4 N–H and O–H groups in total. The first-order valence-electron chi connectivity index (χ1n) is 14.1. The highest BCUT2D eigenvalue weighted by Gasteiger charge is 2.72. The molecule has 0 radical (unpaired) electrons. The molecule has 224 valence electrons. The molecule has 0 bridgehead atoms. The Morgan fingerprint density at radius 3 is 2.35 bits per heavy atom. The lowest BCUT2D eigenvalue weighted by Crippen LogP contribution is -2.56. The van der Waals surface area contributed by atoms with E-state index in [0.29, 0.717) is 0 Å². The molecule has 10 nitrogen and oxygen atoms in total. The minimum absolute atomic E-state index is 0.0461. The van der Waals surface area contributed by atoms with E-state index in [1.807, 2.05) is 0 Å². The molecule has 1 aromatic carbocycles. The Balaban J connectivity index is 0.000000312. The van der Waals surface area contributed by atoms with Gasteiger partial charge in [-0.1, -0.05) is 29.8 Å². The van der Waals surface area contributed by atoms with Gasteiger partial charge in [0.05, 0.1) is 23.5 Å². The standard InChI is InChI=1S/C23H38N2O5.C6H6O3S/c1-14(2)5-10-18-22(3,30-18)20-19(27-4)17(11-12-23(20)13-28-23)29-21(26)25-16-8-6-15(24)7-9-16;7-10(8,9)6-4-2-1-3-5-6/h5,15-20H,6-13,24H2,1-4H3,(H,25,26);1-5H,(H,7,8,9)/t15?,16?,17-,18-,19-,20-,22+,23+;/m1./s1. The van der Waals surface area contributed by atoms with Crippen LogP contribution < -0.4 is 11.1 Å². The van der Waals surface area contributed by atoms with Crippen LogP contribution >= 0.6 is 0 Å². The highest BCUT2D eigenvalue weighted by Crippen LogP contribution is 2.59. The number of alkyl carbamates (subject to hydrolysis) is 1. The lowest BCUT2D eigenvalue weighted by Gasteiger charge is -2.42. The van der Waals surface area contributed by atoms with Crippen LogP contribution in [0.5, 0.6) is 0 Å². The maximum Gasteiger partial charge on any atom is 0.407 e. The quantitative estimate of drug-likeness (QED) is 0.247. The number of carbonyl (C=O) groups excluding carboxylic acids is 1. The van der Waals surface area contributed by atoms with Crippen molar-refractivity contribution in [2.24, 2.45) is 11.7 Å². The predicted molar refractivity (Wildman–Crippen MR) is 149 cm³/mol. The smallest absolute Gasteiger partial charge is 0.407 e. The monoisotopic (exact) mass is 580 g/mol. The van der Waals surface area contributed by atoms with Crippen LogP contribution in [0.4, 0.5) is 4.79 Å². The summed E-state index contributed by atoms with van der Waals surface area (Å²) in [6.07, 6.45) is 7.68. The molecular formula is C29H44N2O8S. The third kappa shape index (κ3) is 7.43. The molecule has 2 saturated carbocycles. The number of methoxy groups -OCH3 is 1. The summed E-state index contributed by atoms with van der Waals surface area (Å²) in [7, 11) is -2.30. The van der Waals surface area contributed by atoms with Crippen molar-refractivity contribution in [2.45, 2.75) is 112 Å². The predicted octanol–water partition coefficient (Wildman–Crippen LogP) is 3.99. The summed E-state index contributed by atoms with van der Waals surface area (Å²) in [5, 5.41) is 3.04. The van der Waals surface area contributed by atoms with E-state index in [-0.39, 0.29) is 58.5 Å². The van der Waals surface area contributed by atoms with Gasteiger partial charge in [-0.2, -0.15) is 8.42 Å². The summed E-state index contributed by atoms with van der Waals surface area (Å²) < 4.78 is 53.3. The minimum Gasteiger partial charge on any atom is -0.443 e. The van der Waals surface area contributed by atoms with E-state index >= 15 is 0 Å². The molecule has 4 aliphatic rings. The van der Waals surface area contributed by atoms with Crippen molar-refractivity contribution in [3.05, 3.63) is 42.0 Å². The number of nitrogens with two attached hydrogens (primary N) is 1. The average molecular weight is 581 g/mol. The molecule has 1 spiro atoms. The van der Waals surface area contributed by atoms with E-state index in [4.69, 9.17) is 29.2 Å². The third-order valence-corrected chi connectivity index (χ3v) is 9.50. The first kappa shape index (κ1) is 30.9. The number of hydrogen-bond donors (Lipinski definition) is 3. The van der Waals surface area contributed by atoms with Gasteiger partial charge in [0.1, 0.15) is 23.4 Å². The number of hydrogen-bond acceptors (Lipinski definition) is 8. The zero-order valence-electron chi connectivity index (χ0n) is 23.9. The Labute approximate surface area is 237 Å². The van der Waals surface area contributed by atoms with Crippen LogP contribution in [0.25, 0.3) is 0 Å². The van der Waals surface area contributed by atoms with Gasteiger partial charge in [-0.05, 0) is 77.8 Å². The zero-order valence-corrected chi connectivity index (χ0v) is 24.7. The molecule has 6 atom stereocenters. The van der Waals surface area contributed by atoms with Crippen molar-refractivity contribution in [3.63, 3.8) is 0 Å². The number of benzene rings is 1. The lowest BCUT2D eigenvalue weighted by atomic mass is 9.68. The van der Waals surface area contributed by atoms with E-state index in [1.54, 1.807) is 25.3 Å². The van der Waals surface area contributed by atoms with Crippen LogP contribution in [0, 0.1) is 5.92 Å².